The summed E-state index contributed by atoms with van der Waals surface area (Å²) in [5.41, 5.74) is 1.22. The molecule has 0 aliphatic carbocycles. The molecule has 30 heavy (non-hydrogen) atoms. The summed E-state index contributed by atoms with van der Waals surface area (Å²) in [5.74, 6) is 0.939. The molecule has 8 nitrogen and oxygen atoms in total. The van der Waals surface area contributed by atoms with Crippen LogP contribution in [0, 0.1) is 0 Å². The van der Waals surface area contributed by atoms with Gasteiger partial charge in [-0.15, -0.1) is 0 Å². The molecule has 1 aliphatic rings. The van der Waals surface area contributed by atoms with Gasteiger partial charge in [0, 0.05) is 71.6 Å². The Bertz CT molecular complexity index is 618. The molecule has 1 saturated heterocycles. The van der Waals surface area contributed by atoms with Gasteiger partial charge in [-0.25, -0.2) is 0 Å². The molecule has 1 aromatic carbocycles. The minimum absolute atomic E-state index is 0.192. The van der Waals surface area contributed by atoms with Gasteiger partial charge in [0.2, 0.25) is 5.91 Å². The van der Waals surface area contributed by atoms with E-state index in [2.05, 4.69) is 44.8 Å². The number of benzene rings is 1. The minimum atomic E-state index is 0.192. The summed E-state index contributed by atoms with van der Waals surface area (Å²) in [6, 6.07) is 10.4. The van der Waals surface area contributed by atoms with Crippen LogP contribution in [0.25, 0.3) is 0 Å². The van der Waals surface area contributed by atoms with Gasteiger partial charge >= 0.3 is 0 Å². The fourth-order valence-electron chi connectivity index (χ4n) is 3.24. The zero-order chi connectivity index (χ0) is 21.4. The van der Waals surface area contributed by atoms with Crippen molar-refractivity contribution in [3.63, 3.8) is 0 Å². The Hall–Kier alpha value is -2.32. The number of guanidine groups is 1. The molecule has 0 bridgehead atoms. The van der Waals surface area contributed by atoms with Crippen molar-refractivity contribution in [1.82, 2.24) is 15.5 Å². The standard InChI is InChI=1S/C22H37N5O3/c1-3-23-22(24-11-7-17-30-19-18-29-2)25-12-10-21(28)27-15-13-26(14-16-27)20-8-5-4-6-9-20/h4-6,8-9H,3,7,10-19H2,1-2H3,(H2,23,24,25). The lowest BCUT2D eigenvalue weighted by Gasteiger charge is -2.36. The Labute approximate surface area is 180 Å². The number of piperazine rings is 1. The van der Waals surface area contributed by atoms with E-state index in [1.54, 1.807) is 7.11 Å². The first kappa shape index (κ1) is 24.0. The third-order valence-corrected chi connectivity index (χ3v) is 4.88. The number of rotatable bonds is 12. The summed E-state index contributed by atoms with van der Waals surface area (Å²) < 4.78 is 10.4. The number of aliphatic imine (C=N–C) groups is 1. The highest BCUT2D eigenvalue weighted by Gasteiger charge is 2.20. The van der Waals surface area contributed by atoms with Gasteiger partial charge in [-0.1, -0.05) is 18.2 Å². The van der Waals surface area contributed by atoms with Crippen LogP contribution in [0.15, 0.2) is 35.3 Å². The van der Waals surface area contributed by atoms with E-state index in [0.29, 0.717) is 39.3 Å². The van der Waals surface area contributed by atoms with Gasteiger partial charge in [0.15, 0.2) is 5.96 Å². The molecule has 0 radical (unpaired) electrons. The molecule has 8 heteroatoms. The van der Waals surface area contributed by atoms with Crippen LogP contribution in [-0.2, 0) is 14.3 Å². The number of methoxy groups -OCH3 is 1. The molecular weight excluding hydrogens is 382 g/mol. The van der Waals surface area contributed by atoms with Crippen LogP contribution >= 0.6 is 0 Å². The Morgan fingerprint density at radius 1 is 1.07 bits per heavy atom. The van der Waals surface area contributed by atoms with E-state index in [-0.39, 0.29) is 5.91 Å². The second-order valence-electron chi connectivity index (χ2n) is 7.10. The SMILES string of the molecule is CCNC(=NCCCOCCOC)NCCC(=O)N1CCN(c2ccccc2)CC1. The topological polar surface area (TPSA) is 78.4 Å². The fourth-order valence-corrected chi connectivity index (χ4v) is 3.24. The number of hydrogen-bond donors (Lipinski definition) is 2. The molecule has 168 valence electrons. The maximum atomic E-state index is 12.5. The molecule has 1 aromatic rings. The van der Waals surface area contributed by atoms with E-state index in [0.717, 1.165) is 45.1 Å². The summed E-state index contributed by atoms with van der Waals surface area (Å²) in [7, 11) is 1.66. The van der Waals surface area contributed by atoms with Crippen molar-refractivity contribution < 1.29 is 14.3 Å². The molecule has 1 amide bonds. The van der Waals surface area contributed by atoms with Crippen molar-refractivity contribution in [2.24, 2.45) is 4.99 Å². The molecule has 1 aliphatic heterocycles. The number of hydrogen-bond acceptors (Lipinski definition) is 5. The van der Waals surface area contributed by atoms with Crippen LogP contribution in [-0.4, -0.2) is 89.5 Å². The fraction of sp³-hybridized carbons (Fsp3) is 0.636. The number of amides is 1. The largest absolute Gasteiger partial charge is 0.382 e. The first-order valence-corrected chi connectivity index (χ1v) is 10.9. The molecule has 1 heterocycles. The van der Waals surface area contributed by atoms with Crippen molar-refractivity contribution in [3.8, 4) is 0 Å². The summed E-state index contributed by atoms with van der Waals surface area (Å²) in [5, 5.41) is 6.47. The molecule has 0 aromatic heterocycles. The molecule has 0 unspecified atom stereocenters. The van der Waals surface area contributed by atoms with Gasteiger partial charge < -0.3 is 29.9 Å². The van der Waals surface area contributed by atoms with Crippen LogP contribution in [0.4, 0.5) is 5.69 Å². The first-order valence-electron chi connectivity index (χ1n) is 10.9. The summed E-state index contributed by atoms with van der Waals surface area (Å²) >= 11 is 0. The normalized spacial score (nSPS) is 14.7. The van der Waals surface area contributed by atoms with Crippen LogP contribution in [0.1, 0.15) is 19.8 Å². The molecule has 0 saturated carbocycles. The smallest absolute Gasteiger partial charge is 0.224 e. The Kier molecular flexibility index (Phi) is 11.7. The maximum absolute atomic E-state index is 12.5. The Morgan fingerprint density at radius 2 is 1.83 bits per heavy atom. The Morgan fingerprint density at radius 3 is 2.53 bits per heavy atom. The van der Waals surface area contributed by atoms with Gasteiger partial charge in [-0.2, -0.15) is 0 Å². The van der Waals surface area contributed by atoms with Crippen molar-refractivity contribution in [1.29, 1.82) is 0 Å². The van der Waals surface area contributed by atoms with Crippen LogP contribution < -0.4 is 15.5 Å². The molecule has 0 spiro atoms. The third-order valence-electron chi connectivity index (χ3n) is 4.88. The van der Waals surface area contributed by atoms with Crippen LogP contribution in [0.3, 0.4) is 0 Å². The lowest BCUT2D eigenvalue weighted by Crippen LogP contribution is -2.49. The third kappa shape index (κ3) is 9.00. The summed E-state index contributed by atoms with van der Waals surface area (Å²) in [6.45, 7) is 9.25. The van der Waals surface area contributed by atoms with E-state index >= 15 is 0 Å². The highest BCUT2D eigenvalue weighted by Crippen LogP contribution is 2.15. The van der Waals surface area contributed by atoms with E-state index in [4.69, 9.17) is 9.47 Å². The number of anilines is 1. The molecule has 0 atom stereocenters. The van der Waals surface area contributed by atoms with Gasteiger partial charge in [0.05, 0.1) is 13.2 Å². The lowest BCUT2D eigenvalue weighted by atomic mass is 10.2. The van der Waals surface area contributed by atoms with E-state index in [9.17, 15) is 4.79 Å². The zero-order valence-electron chi connectivity index (χ0n) is 18.4. The molecule has 2 N–H and O–H groups in total. The quantitative estimate of drug-likeness (QED) is 0.302. The van der Waals surface area contributed by atoms with Crippen molar-refractivity contribution >= 4 is 17.6 Å². The number of nitrogens with one attached hydrogen (secondary N) is 2. The molecular formula is C22H37N5O3. The number of carbonyl (C=O) groups is 1. The summed E-state index contributed by atoms with van der Waals surface area (Å²) in [4.78, 5) is 21.4. The average Bonchev–Trinajstić information content (AvgIpc) is 2.79. The maximum Gasteiger partial charge on any atom is 0.224 e. The van der Waals surface area contributed by atoms with E-state index in [1.165, 1.54) is 5.69 Å². The van der Waals surface area contributed by atoms with Gasteiger partial charge in [0.25, 0.3) is 0 Å². The minimum Gasteiger partial charge on any atom is -0.382 e. The van der Waals surface area contributed by atoms with Crippen molar-refractivity contribution in [2.45, 2.75) is 19.8 Å². The van der Waals surface area contributed by atoms with E-state index in [1.807, 2.05) is 17.9 Å². The number of nitrogens with zero attached hydrogens (tertiary/aromatic N) is 3. The Balaban J connectivity index is 1.63. The molecule has 2 rings (SSSR count). The van der Waals surface area contributed by atoms with Gasteiger partial charge in [-0.3, -0.25) is 9.79 Å². The van der Waals surface area contributed by atoms with Crippen molar-refractivity contribution in [2.75, 3.05) is 77.6 Å². The van der Waals surface area contributed by atoms with Gasteiger partial charge in [-0.05, 0) is 25.5 Å². The predicted octanol–water partition coefficient (Wildman–Crippen LogP) is 1.33. The second kappa shape index (κ2) is 14.6. The molecule has 1 fully saturated rings. The van der Waals surface area contributed by atoms with E-state index < -0.39 is 0 Å². The number of ether oxygens (including phenoxy) is 2. The highest BCUT2D eigenvalue weighted by molar-refractivity contribution is 5.81. The first-order chi connectivity index (χ1) is 14.7. The van der Waals surface area contributed by atoms with Gasteiger partial charge in [0.1, 0.15) is 0 Å². The number of carbonyl (C=O) groups excluding carboxylic acids is 1. The van der Waals surface area contributed by atoms with Crippen LogP contribution in [0.2, 0.25) is 0 Å². The predicted molar refractivity (Wildman–Crippen MR) is 121 cm³/mol. The zero-order valence-corrected chi connectivity index (χ0v) is 18.4. The van der Waals surface area contributed by atoms with Crippen LogP contribution in [0.5, 0.6) is 0 Å². The monoisotopic (exact) mass is 419 g/mol. The van der Waals surface area contributed by atoms with Crippen molar-refractivity contribution in [3.05, 3.63) is 30.3 Å². The number of para-hydroxylation sites is 1. The second-order valence-corrected chi connectivity index (χ2v) is 7.10. The summed E-state index contributed by atoms with van der Waals surface area (Å²) in [6.07, 6.45) is 1.32. The highest BCUT2D eigenvalue weighted by atomic mass is 16.5. The average molecular weight is 420 g/mol. The lowest BCUT2D eigenvalue weighted by molar-refractivity contribution is -0.131.